The monoisotopic (exact) mass is 224 g/mol. The standard InChI is InChI=1S/C10H16N4O2/c1-14-6-8(12-13-14)5-7-3-2-4-9(11-7)10(15)16/h6-7,9,11H,2-5H2,1H3,(H,15,16). The average molecular weight is 224 g/mol. The average Bonchev–Trinajstić information content (AvgIpc) is 2.64. The number of hydrogen-bond acceptors (Lipinski definition) is 4. The van der Waals surface area contributed by atoms with Crippen molar-refractivity contribution in [2.75, 3.05) is 0 Å². The maximum atomic E-state index is 10.9. The van der Waals surface area contributed by atoms with Crippen LogP contribution in [-0.2, 0) is 18.3 Å². The third-order valence-electron chi connectivity index (χ3n) is 2.89. The van der Waals surface area contributed by atoms with Crippen molar-refractivity contribution in [3.63, 3.8) is 0 Å². The van der Waals surface area contributed by atoms with E-state index in [9.17, 15) is 4.79 Å². The normalized spacial score (nSPS) is 25.6. The number of hydrogen-bond donors (Lipinski definition) is 2. The predicted octanol–water partition coefficient (Wildman–Crippen LogP) is -0.0471. The minimum absolute atomic E-state index is 0.201. The maximum Gasteiger partial charge on any atom is 0.320 e. The van der Waals surface area contributed by atoms with Gasteiger partial charge in [0.1, 0.15) is 6.04 Å². The quantitative estimate of drug-likeness (QED) is 0.752. The highest BCUT2D eigenvalue weighted by molar-refractivity contribution is 5.73. The van der Waals surface area contributed by atoms with Crippen LogP contribution in [0.4, 0.5) is 0 Å². The van der Waals surface area contributed by atoms with Crippen LogP contribution >= 0.6 is 0 Å². The third-order valence-corrected chi connectivity index (χ3v) is 2.89. The molecule has 1 aliphatic rings. The largest absolute Gasteiger partial charge is 0.480 e. The van der Waals surface area contributed by atoms with E-state index in [0.717, 1.165) is 25.0 Å². The number of nitrogens with one attached hydrogen (secondary N) is 1. The van der Waals surface area contributed by atoms with Crippen LogP contribution in [0.2, 0.25) is 0 Å². The summed E-state index contributed by atoms with van der Waals surface area (Å²) in [4.78, 5) is 10.9. The second kappa shape index (κ2) is 4.61. The van der Waals surface area contributed by atoms with E-state index in [1.807, 2.05) is 13.2 Å². The molecule has 0 radical (unpaired) electrons. The predicted molar refractivity (Wildman–Crippen MR) is 56.9 cm³/mol. The first kappa shape index (κ1) is 11.1. The van der Waals surface area contributed by atoms with Crippen molar-refractivity contribution < 1.29 is 9.90 Å². The third kappa shape index (κ3) is 2.57. The molecule has 0 aromatic carbocycles. The molecule has 1 aromatic rings. The molecular formula is C10H16N4O2. The topological polar surface area (TPSA) is 80.0 Å². The SMILES string of the molecule is Cn1cc(CC2CCCC(C(=O)O)N2)nn1. The van der Waals surface area contributed by atoms with Gasteiger partial charge in [0.05, 0.1) is 5.69 Å². The summed E-state index contributed by atoms with van der Waals surface area (Å²) >= 11 is 0. The lowest BCUT2D eigenvalue weighted by molar-refractivity contribution is -0.140. The van der Waals surface area contributed by atoms with E-state index in [1.165, 1.54) is 0 Å². The second-order valence-corrected chi connectivity index (χ2v) is 4.27. The fraction of sp³-hybridized carbons (Fsp3) is 0.700. The molecule has 2 unspecified atom stereocenters. The first-order valence-electron chi connectivity index (χ1n) is 5.49. The Bertz CT molecular complexity index is 377. The van der Waals surface area contributed by atoms with E-state index in [2.05, 4.69) is 15.6 Å². The van der Waals surface area contributed by atoms with Gasteiger partial charge in [-0.05, 0) is 19.3 Å². The maximum absolute atomic E-state index is 10.9. The Morgan fingerprint density at radius 2 is 2.50 bits per heavy atom. The Labute approximate surface area is 93.6 Å². The van der Waals surface area contributed by atoms with Crippen molar-refractivity contribution in [2.45, 2.75) is 37.8 Å². The lowest BCUT2D eigenvalue weighted by Crippen LogP contribution is -2.47. The van der Waals surface area contributed by atoms with Gasteiger partial charge in [0.2, 0.25) is 0 Å². The summed E-state index contributed by atoms with van der Waals surface area (Å²) in [5.74, 6) is -0.760. The number of nitrogens with zero attached hydrogens (tertiary/aromatic N) is 3. The van der Waals surface area contributed by atoms with E-state index in [4.69, 9.17) is 5.11 Å². The van der Waals surface area contributed by atoms with Crippen LogP contribution in [0.1, 0.15) is 25.0 Å². The van der Waals surface area contributed by atoms with Gasteiger partial charge in [-0.25, -0.2) is 0 Å². The molecule has 6 heteroatoms. The van der Waals surface area contributed by atoms with Crippen LogP contribution in [0.15, 0.2) is 6.20 Å². The van der Waals surface area contributed by atoms with Gasteiger partial charge in [-0.1, -0.05) is 5.21 Å². The zero-order chi connectivity index (χ0) is 11.5. The molecule has 0 aliphatic carbocycles. The fourth-order valence-electron chi connectivity index (χ4n) is 2.12. The summed E-state index contributed by atoms with van der Waals surface area (Å²) in [6.45, 7) is 0. The molecule has 1 aliphatic heterocycles. The highest BCUT2D eigenvalue weighted by Gasteiger charge is 2.26. The first-order valence-corrected chi connectivity index (χ1v) is 5.49. The highest BCUT2D eigenvalue weighted by Crippen LogP contribution is 2.15. The van der Waals surface area contributed by atoms with Gasteiger partial charge in [0.25, 0.3) is 0 Å². The number of carbonyl (C=O) groups is 1. The van der Waals surface area contributed by atoms with Gasteiger partial charge < -0.3 is 10.4 Å². The summed E-state index contributed by atoms with van der Waals surface area (Å²) in [6, 6.07) is -0.207. The van der Waals surface area contributed by atoms with Crippen LogP contribution in [0.5, 0.6) is 0 Å². The molecule has 1 fully saturated rings. The van der Waals surface area contributed by atoms with Gasteiger partial charge in [-0.3, -0.25) is 9.48 Å². The number of piperidine rings is 1. The number of aromatic nitrogens is 3. The van der Waals surface area contributed by atoms with Gasteiger partial charge in [0.15, 0.2) is 0 Å². The van der Waals surface area contributed by atoms with Crippen LogP contribution in [-0.4, -0.2) is 38.2 Å². The van der Waals surface area contributed by atoms with Crippen molar-refractivity contribution in [3.8, 4) is 0 Å². The number of rotatable bonds is 3. The molecule has 2 atom stereocenters. The van der Waals surface area contributed by atoms with Crippen LogP contribution in [0.3, 0.4) is 0 Å². The van der Waals surface area contributed by atoms with Crippen molar-refractivity contribution in [2.24, 2.45) is 7.05 Å². The van der Waals surface area contributed by atoms with Gasteiger partial charge >= 0.3 is 5.97 Å². The molecule has 0 bridgehead atoms. The number of aryl methyl sites for hydroxylation is 1. The van der Waals surface area contributed by atoms with Crippen molar-refractivity contribution >= 4 is 5.97 Å². The molecular weight excluding hydrogens is 208 g/mol. The zero-order valence-electron chi connectivity index (χ0n) is 9.26. The number of carboxylic acids is 1. The van der Waals surface area contributed by atoms with Crippen molar-refractivity contribution in [1.29, 1.82) is 0 Å². The van der Waals surface area contributed by atoms with E-state index in [0.29, 0.717) is 6.42 Å². The molecule has 0 spiro atoms. The summed E-state index contributed by atoms with van der Waals surface area (Å²) in [6.07, 6.45) is 5.28. The van der Waals surface area contributed by atoms with E-state index in [-0.39, 0.29) is 6.04 Å². The van der Waals surface area contributed by atoms with E-state index >= 15 is 0 Å². The molecule has 1 aromatic heterocycles. The van der Waals surface area contributed by atoms with Crippen molar-refractivity contribution in [3.05, 3.63) is 11.9 Å². The highest BCUT2D eigenvalue weighted by atomic mass is 16.4. The van der Waals surface area contributed by atoms with Gasteiger partial charge in [-0.2, -0.15) is 0 Å². The lowest BCUT2D eigenvalue weighted by atomic mass is 9.96. The Kier molecular flexibility index (Phi) is 3.19. The molecule has 0 saturated carbocycles. The van der Waals surface area contributed by atoms with Gasteiger partial charge in [-0.15, -0.1) is 5.10 Å². The first-order chi connectivity index (χ1) is 7.65. The molecule has 2 rings (SSSR count). The lowest BCUT2D eigenvalue weighted by Gasteiger charge is -2.27. The minimum atomic E-state index is -0.760. The van der Waals surface area contributed by atoms with E-state index in [1.54, 1.807) is 4.68 Å². The molecule has 2 heterocycles. The molecule has 2 N–H and O–H groups in total. The number of carboxylic acid groups (broad SMARTS) is 1. The van der Waals surface area contributed by atoms with Crippen LogP contribution < -0.4 is 5.32 Å². The molecule has 88 valence electrons. The Hall–Kier alpha value is -1.43. The van der Waals surface area contributed by atoms with E-state index < -0.39 is 12.0 Å². The Balaban J connectivity index is 1.92. The fourth-order valence-corrected chi connectivity index (χ4v) is 2.12. The Morgan fingerprint density at radius 3 is 3.12 bits per heavy atom. The summed E-state index contributed by atoms with van der Waals surface area (Å²) < 4.78 is 1.66. The second-order valence-electron chi connectivity index (χ2n) is 4.27. The van der Waals surface area contributed by atoms with Gasteiger partial charge in [0, 0.05) is 25.7 Å². The van der Waals surface area contributed by atoms with Crippen LogP contribution in [0.25, 0.3) is 0 Å². The molecule has 0 amide bonds. The number of aliphatic carboxylic acids is 1. The Morgan fingerprint density at radius 1 is 1.69 bits per heavy atom. The smallest absolute Gasteiger partial charge is 0.320 e. The summed E-state index contributed by atoms with van der Waals surface area (Å²) in [5, 5.41) is 19.9. The summed E-state index contributed by atoms with van der Waals surface area (Å²) in [7, 11) is 1.82. The zero-order valence-corrected chi connectivity index (χ0v) is 9.26. The molecule has 6 nitrogen and oxygen atoms in total. The van der Waals surface area contributed by atoms with Crippen LogP contribution in [0, 0.1) is 0 Å². The van der Waals surface area contributed by atoms with Crippen molar-refractivity contribution in [1.82, 2.24) is 20.3 Å². The molecule has 16 heavy (non-hydrogen) atoms. The summed E-state index contributed by atoms with van der Waals surface area (Å²) in [5.41, 5.74) is 0.908. The molecule has 1 saturated heterocycles. The minimum Gasteiger partial charge on any atom is -0.480 e.